The Morgan fingerprint density at radius 2 is 1.68 bits per heavy atom. The molecule has 8 heteroatoms. The van der Waals surface area contributed by atoms with E-state index in [-0.39, 0.29) is 17.9 Å². The van der Waals surface area contributed by atoms with Gasteiger partial charge >= 0.3 is 12.4 Å². The van der Waals surface area contributed by atoms with Gasteiger partial charge in [-0.25, -0.2) is 0 Å². The summed E-state index contributed by atoms with van der Waals surface area (Å²) >= 11 is 0. The molecule has 2 N–H and O–H groups in total. The Bertz CT molecular complexity index is 438. The molecule has 0 aliphatic carbocycles. The van der Waals surface area contributed by atoms with E-state index in [1.54, 1.807) is 0 Å². The summed E-state index contributed by atoms with van der Waals surface area (Å²) in [5.74, 6) is 0. The molecule has 1 aromatic carbocycles. The van der Waals surface area contributed by atoms with Crippen LogP contribution in [0.15, 0.2) is 18.2 Å². The highest BCUT2D eigenvalue weighted by molar-refractivity contribution is 5.68. The summed E-state index contributed by atoms with van der Waals surface area (Å²) in [6.07, 6.45) is -9.92. The predicted molar refractivity (Wildman–Crippen MR) is 59.8 cm³/mol. The molecule has 0 amide bonds. The first-order valence-electron chi connectivity index (χ1n) is 5.25. The van der Waals surface area contributed by atoms with Crippen LogP contribution in [0.3, 0.4) is 0 Å². The molecule has 0 aliphatic rings. The van der Waals surface area contributed by atoms with Gasteiger partial charge in [0, 0.05) is 13.6 Å². The van der Waals surface area contributed by atoms with E-state index in [4.69, 9.17) is 5.73 Å². The lowest BCUT2D eigenvalue weighted by Gasteiger charge is -2.22. The van der Waals surface area contributed by atoms with E-state index < -0.39 is 24.3 Å². The van der Waals surface area contributed by atoms with Crippen LogP contribution in [0.2, 0.25) is 0 Å². The summed E-state index contributed by atoms with van der Waals surface area (Å²) < 4.78 is 73.3. The molecule has 0 fully saturated rings. The summed E-state index contributed by atoms with van der Waals surface area (Å²) in [4.78, 5) is 1.17. The first-order valence-corrected chi connectivity index (χ1v) is 5.25. The van der Waals surface area contributed by atoms with Crippen molar-refractivity contribution in [3.8, 4) is 0 Å². The van der Waals surface area contributed by atoms with E-state index in [9.17, 15) is 26.3 Å². The summed E-state index contributed by atoms with van der Waals surface area (Å²) in [7, 11) is 1.34. The van der Waals surface area contributed by atoms with Gasteiger partial charge in [-0.1, -0.05) is 0 Å². The third-order valence-corrected chi connectivity index (χ3v) is 2.50. The second-order valence-electron chi connectivity index (χ2n) is 4.06. The van der Waals surface area contributed by atoms with Gasteiger partial charge in [-0.2, -0.15) is 26.3 Å². The first-order chi connectivity index (χ1) is 8.50. The van der Waals surface area contributed by atoms with Crippen molar-refractivity contribution in [2.45, 2.75) is 18.8 Å². The molecule has 0 heterocycles. The fourth-order valence-electron chi connectivity index (χ4n) is 1.49. The van der Waals surface area contributed by atoms with Crippen LogP contribution in [0.4, 0.5) is 37.7 Å². The van der Waals surface area contributed by atoms with E-state index in [2.05, 4.69) is 0 Å². The van der Waals surface area contributed by atoms with E-state index in [0.717, 1.165) is 12.1 Å². The Kier molecular flexibility index (Phi) is 4.21. The zero-order valence-corrected chi connectivity index (χ0v) is 9.94. The fraction of sp³-hybridized carbons (Fsp3) is 0.455. The van der Waals surface area contributed by atoms with Crippen LogP contribution < -0.4 is 10.6 Å². The molecule has 19 heavy (non-hydrogen) atoms. The lowest BCUT2D eigenvalue weighted by atomic mass is 10.1. The van der Waals surface area contributed by atoms with Crippen LogP contribution in [0.5, 0.6) is 0 Å². The van der Waals surface area contributed by atoms with Gasteiger partial charge in [0.25, 0.3) is 0 Å². The number of anilines is 2. The molecule has 0 aliphatic heterocycles. The van der Waals surface area contributed by atoms with Crippen LogP contribution in [-0.4, -0.2) is 19.8 Å². The number of nitrogens with zero attached hydrogens (tertiary/aromatic N) is 1. The molecule has 1 rings (SSSR count). The molecule has 2 nitrogen and oxygen atoms in total. The van der Waals surface area contributed by atoms with Crippen molar-refractivity contribution in [1.29, 1.82) is 0 Å². The minimum absolute atomic E-state index is 0.136. The zero-order chi connectivity index (χ0) is 14.8. The average molecular weight is 286 g/mol. The molecule has 0 bridgehead atoms. The zero-order valence-electron chi connectivity index (χ0n) is 9.94. The van der Waals surface area contributed by atoms with Gasteiger partial charge in [-0.05, 0) is 18.2 Å². The number of hydrogen-bond acceptors (Lipinski definition) is 2. The summed E-state index contributed by atoms with van der Waals surface area (Å²) in [6, 6.07) is 2.56. The molecule has 0 aromatic heterocycles. The van der Waals surface area contributed by atoms with Crippen molar-refractivity contribution in [1.82, 2.24) is 0 Å². The number of rotatable bonds is 3. The van der Waals surface area contributed by atoms with E-state index in [0.29, 0.717) is 6.07 Å². The molecule has 108 valence electrons. The summed E-state index contributed by atoms with van der Waals surface area (Å²) in [5, 5.41) is 0. The van der Waals surface area contributed by atoms with Crippen LogP contribution in [-0.2, 0) is 6.18 Å². The maximum atomic E-state index is 12.4. The lowest BCUT2D eigenvalue weighted by molar-refractivity contribution is -0.137. The van der Waals surface area contributed by atoms with Crippen LogP contribution in [0.25, 0.3) is 0 Å². The van der Waals surface area contributed by atoms with Gasteiger partial charge in [0.2, 0.25) is 0 Å². The van der Waals surface area contributed by atoms with Gasteiger partial charge in [0.1, 0.15) is 0 Å². The Morgan fingerprint density at radius 3 is 2.11 bits per heavy atom. The number of halogens is 6. The predicted octanol–water partition coefficient (Wildman–Crippen LogP) is 3.68. The average Bonchev–Trinajstić information content (AvgIpc) is 2.23. The molecule has 1 aromatic rings. The maximum Gasteiger partial charge on any atom is 0.416 e. The molecule has 0 radical (unpaired) electrons. The molecule has 0 saturated heterocycles. The summed E-state index contributed by atoms with van der Waals surface area (Å²) in [6.45, 7) is -0.376. The van der Waals surface area contributed by atoms with Crippen molar-refractivity contribution in [2.75, 3.05) is 24.2 Å². The largest absolute Gasteiger partial charge is 0.416 e. The standard InChI is InChI=1S/C11H12F6N2/c1-19(5-4-10(12,13)14)9-3-2-7(6-8(9)18)11(15,16)17/h2-3,6H,4-5,18H2,1H3. The van der Waals surface area contributed by atoms with Crippen molar-refractivity contribution in [3.63, 3.8) is 0 Å². The number of nitrogen functional groups attached to an aromatic ring is 1. The van der Waals surface area contributed by atoms with Gasteiger partial charge < -0.3 is 10.6 Å². The summed E-state index contributed by atoms with van der Waals surface area (Å²) in [5.41, 5.74) is 4.43. The van der Waals surface area contributed by atoms with Crippen LogP contribution in [0.1, 0.15) is 12.0 Å². The van der Waals surface area contributed by atoms with Gasteiger partial charge in [0.15, 0.2) is 0 Å². The molecule has 0 saturated carbocycles. The monoisotopic (exact) mass is 286 g/mol. The van der Waals surface area contributed by atoms with E-state index >= 15 is 0 Å². The molecule has 0 unspecified atom stereocenters. The van der Waals surface area contributed by atoms with E-state index in [1.165, 1.54) is 11.9 Å². The molecular formula is C11H12F6N2. The quantitative estimate of drug-likeness (QED) is 0.678. The van der Waals surface area contributed by atoms with Crippen molar-refractivity contribution in [3.05, 3.63) is 23.8 Å². The highest BCUT2D eigenvalue weighted by Gasteiger charge is 2.31. The van der Waals surface area contributed by atoms with E-state index in [1.807, 2.05) is 0 Å². The third kappa shape index (κ3) is 4.53. The minimum atomic E-state index is -4.53. The fourth-order valence-corrected chi connectivity index (χ4v) is 1.49. The van der Waals surface area contributed by atoms with Gasteiger partial charge in [0.05, 0.1) is 23.4 Å². The van der Waals surface area contributed by atoms with Gasteiger partial charge in [-0.3, -0.25) is 0 Å². The molecule has 0 spiro atoms. The van der Waals surface area contributed by atoms with Crippen molar-refractivity contribution >= 4 is 11.4 Å². The molecular weight excluding hydrogens is 274 g/mol. The normalized spacial score (nSPS) is 12.6. The smallest absolute Gasteiger partial charge is 0.397 e. The third-order valence-electron chi connectivity index (χ3n) is 2.50. The first kappa shape index (κ1) is 15.5. The highest BCUT2D eigenvalue weighted by atomic mass is 19.4. The number of alkyl halides is 6. The maximum absolute atomic E-state index is 12.4. The SMILES string of the molecule is CN(CCC(F)(F)F)c1ccc(C(F)(F)F)cc1N. The highest BCUT2D eigenvalue weighted by Crippen LogP contribution is 2.34. The topological polar surface area (TPSA) is 29.3 Å². The van der Waals surface area contributed by atoms with Crippen molar-refractivity contribution in [2.24, 2.45) is 0 Å². The number of benzene rings is 1. The number of hydrogen-bond donors (Lipinski definition) is 1. The Hall–Kier alpha value is -1.60. The van der Waals surface area contributed by atoms with Gasteiger partial charge in [-0.15, -0.1) is 0 Å². The van der Waals surface area contributed by atoms with Crippen LogP contribution in [0, 0.1) is 0 Å². The Balaban J connectivity index is 2.85. The Labute approximate surface area is 105 Å². The second-order valence-corrected chi connectivity index (χ2v) is 4.06. The second kappa shape index (κ2) is 5.18. The molecule has 0 atom stereocenters. The number of nitrogens with two attached hydrogens (primary N) is 1. The van der Waals surface area contributed by atoms with Crippen molar-refractivity contribution < 1.29 is 26.3 Å². The lowest BCUT2D eigenvalue weighted by Crippen LogP contribution is -2.25. The van der Waals surface area contributed by atoms with Crippen LogP contribution >= 0.6 is 0 Å². The Morgan fingerprint density at radius 1 is 1.11 bits per heavy atom. The minimum Gasteiger partial charge on any atom is -0.397 e.